The van der Waals surface area contributed by atoms with E-state index in [0.29, 0.717) is 11.9 Å². The summed E-state index contributed by atoms with van der Waals surface area (Å²) in [5, 5.41) is 12.4. The first-order valence-corrected chi connectivity index (χ1v) is 9.77. The number of fused-ring (bicyclic) bond motifs is 3. The van der Waals surface area contributed by atoms with Crippen LogP contribution in [0.2, 0.25) is 0 Å². The molecule has 7 nitrogen and oxygen atoms in total. The molecule has 1 unspecified atom stereocenters. The molecule has 1 atom stereocenters. The number of rotatable bonds is 3. The molecule has 0 fully saturated rings. The van der Waals surface area contributed by atoms with E-state index < -0.39 is 0 Å². The Morgan fingerprint density at radius 2 is 1.93 bits per heavy atom. The van der Waals surface area contributed by atoms with Gasteiger partial charge >= 0.3 is 0 Å². The van der Waals surface area contributed by atoms with Gasteiger partial charge in [-0.1, -0.05) is 31.2 Å². The predicted molar refractivity (Wildman–Crippen MR) is 113 cm³/mol. The monoisotopic (exact) mass is 385 g/mol. The first-order valence-electron chi connectivity index (χ1n) is 9.77. The van der Waals surface area contributed by atoms with Crippen molar-refractivity contribution in [3.05, 3.63) is 59.5 Å². The van der Waals surface area contributed by atoms with E-state index in [1.807, 2.05) is 37.2 Å². The van der Waals surface area contributed by atoms with E-state index in [-0.39, 0.29) is 0 Å². The van der Waals surface area contributed by atoms with Crippen molar-refractivity contribution < 1.29 is 0 Å². The van der Waals surface area contributed by atoms with E-state index in [9.17, 15) is 0 Å². The summed E-state index contributed by atoms with van der Waals surface area (Å²) in [4.78, 5) is 9.46. The Morgan fingerprint density at radius 1 is 1.10 bits per heavy atom. The van der Waals surface area contributed by atoms with Crippen molar-refractivity contribution in [2.75, 3.05) is 5.32 Å². The summed E-state index contributed by atoms with van der Waals surface area (Å²) in [5.41, 5.74) is 7.83. The Morgan fingerprint density at radius 3 is 2.69 bits per heavy atom. The number of hydrogen-bond acceptors (Lipinski definition) is 5. The zero-order chi connectivity index (χ0) is 20.1. The van der Waals surface area contributed by atoms with Crippen LogP contribution < -0.4 is 5.32 Å². The standard InChI is InChI=1S/C22H23N7/c1-13-7-5-6-8-15(13)21-19-17(26-29(21)4)11-14(2)16-12-23-22(25-20(16)19)24-18-9-10-28(3)27-18/h5-10,12,14H,11H2,1-4H3,(H,23,24,25,27). The SMILES string of the molecule is Cc1ccccc1-c1c2c(nn1C)CC(C)c1cnc(Nc3ccn(C)n3)nc1-2. The Balaban J connectivity index is 1.68. The highest BCUT2D eigenvalue weighted by atomic mass is 15.3. The molecule has 29 heavy (non-hydrogen) atoms. The van der Waals surface area contributed by atoms with Gasteiger partial charge in [-0.2, -0.15) is 10.2 Å². The maximum atomic E-state index is 4.91. The van der Waals surface area contributed by atoms with Crippen LogP contribution in [-0.2, 0) is 20.5 Å². The smallest absolute Gasteiger partial charge is 0.228 e. The quantitative estimate of drug-likeness (QED) is 0.577. The van der Waals surface area contributed by atoms with Crippen molar-refractivity contribution in [3.63, 3.8) is 0 Å². The first kappa shape index (κ1) is 17.6. The van der Waals surface area contributed by atoms with E-state index in [1.165, 1.54) is 11.1 Å². The highest BCUT2D eigenvalue weighted by Gasteiger charge is 2.31. The van der Waals surface area contributed by atoms with Crippen molar-refractivity contribution in [3.8, 4) is 22.5 Å². The fourth-order valence-electron chi connectivity index (χ4n) is 4.13. The molecule has 1 N–H and O–H groups in total. The molecule has 0 amide bonds. The van der Waals surface area contributed by atoms with Crippen LogP contribution in [0.3, 0.4) is 0 Å². The lowest BCUT2D eigenvalue weighted by Crippen LogP contribution is -2.12. The lowest BCUT2D eigenvalue weighted by Gasteiger charge is -2.22. The van der Waals surface area contributed by atoms with Crippen LogP contribution in [0.1, 0.15) is 29.7 Å². The van der Waals surface area contributed by atoms with Crippen LogP contribution in [0.4, 0.5) is 11.8 Å². The maximum absolute atomic E-state index is 4.91. The van der Waals surface area contributed by atoms with Crippen molar-refractivity contribution in [2.45, 2.75) is 26.2 Å². The highest BCUT2D eigenvalue weighted by Crippen LogP contribution is 2.44. The molecule has 5 rings (SSSR count). The van der Waals surface area contributed by atoms with Crippen molar-refractivity contribution >= 4 is 11.8 Å². The molecule has 4 aromatic rings. The molecular formula is C22H23N7. The minimum atomic E-state index is 0.320. The lowest BCUT2D eigenvalue weighted by atomic mass is 9.84. The second-order valence-corrected chi connectivity index (χ2v) is 7.71. The number of nitrogens with one attached hydrogen (secondary N) is 1. The summed E-state index contributed by atoms with van der Waals surface area (Å²) in [6.45, 7) is 4.34. The maximum Gasteiger partial charge on any atom is 0.228 e. The Bertz CT molecular complexity index is 1220. The highest BCUT2D eigenvalue weighted by molar-refractivity contribution is 5.85. The molecule has 0 saturated carbocycles. The molecule has 0 aliphatic heterocycles. The van der Waals surface area contributed by atoms with Gasteiger partial charge in [0.25, 0.3) is 0 Å². The van der Waals surface area contributed by atoms with Crippen molar-refractivity contribution in [2.24, 2.45) is 14.1 Å². The average molecular weight is 385 g/mol. The molecule has 1 aliphatic carbocycles. The van der Waals surface area contributed by atoms with Gasteiger partial charge in [-0.05, 0) is 24.8 Å². The molecule has 0 spiro atoms. The normalized spacial score (nSPS) is 15.1. The number of anilines is 2. The third-order valence-electron chi connectivity index (χ3n) is 5.56. The lowest BCUT2D eigenvalue weighted by molar-refractivity contribution is 0.688. The molecule has 0 saturated heterocycles. The molecule has 1 aliphatic rings. The molecule has 3 heterocycles. The average Bonchev–Trinajstić information content (AvgIpc) is 3.24. The zero-order valence-corrected chi connectivity index (χ0v) is 17.0. The molecular weight excluding hydrogens is 362 g/mol. The number of aryl methyl sites for hydroxylation is 3. The van der Waals surface area contributed by atoms with Gasteiger partial charge < -0.3 is 5.32 Å². The molecule has 0 bridgehead atoms. The van der Waals surface area contributed by atoms with Crippen LogP contribution >= 0.6 is 0 Å². The van der Waals surface area contributed by atoms with Gasteiger partial charge in [0, 0.05) is 49.2 Å². The van der Waals surface area contributed by atoms with E-state index in [0.717, 1.165) is 40.4 Å². The van der Waals surface area contributed by atoms with Gasteiger partial charge in [0.1, 0.15) is 0 Å². The topological polar surface area (TPSA) is 73.5 Å². The number of benzene rings is 1. The second kappa shape index (κ2) is 6.55. The molecule has 146 valence electrons. The fraction of sp³-hybridized carbons (Fsp3) is 0.273. The van der Waals surface area contributed by atoms with Crippen molar-refractivity contribution in [1.29, 1.82) is 0 Å². The van der Waals surface area contributed by atoms with Crippen molar-refractivity contribution in [1.82, 2.24) is 29.5 Å². The van der Waals surface area contributed by atoms with Crippen LogP contribution in [0.15, 0.2) is 42.7 Å². The Labute approximate surface area is 169 Å². The van der Waals surface area contributed by atoms with Gasteiger partial charge in [0.15, 0.2) is 5.82 Å². The van der Waals surface area contributed by atoms with Crippen LogP contribution in [0.25, 0.3) is 22.5 Å². The van der Waals surface area contributed by atoms with E-state index in [1.54, 1.807) is 4.68 Å². The number of nitrogens with zero attached hydrogens (tertiary/aromatic N) is 6. The molecule has 1 aromatic carbocycles. The Hall–Kier alpha value is -3.48. The van der Waals surface area contributed by atoms with E-state index >= 15 is 0 Å². The number of hydrogen-bond donors (Lipinski definition) is 1. The molecule has 0 radical (unpaired) electrons. The third-order valence-corrected chi connectivity index (χ3v) is 5.56. The van der Waals surface area contributed by atoms with E-state index in [2.05, 4.69) is 53.5 Å². The molecule has 7 heteroatoms. The third kappa shape index (κ3) is 2.90. The summed E-state index contributed by atoms with van der Waals surface area (Å²) in [6.07, 6.45) is 4.71. The predicted octanol–water partition coefficient (Wildman–Crippen LogP) is 3.99. The largest absolute Gasteiger partial charge is 0.307 e. The minimum absolute atomic E-state index is 0.320. The summed E-state index contributed by atoms with van der Waals surface area (Å²) >= 11 is 0. The second-order valence-electron chi connectivity index (χ2n) is 7.71. The zero-order valence-electron chi connectivity index (χ0n) is 17.0. The van der Waals surface area contributed by atoms with Gasteiger partial charge in [-0.15, -0.1) is 0 Å². The van der Waals surface area contributed by atoms with Gasteiger partial charge in [-0.3, -0.25) is 9.36 Å². The minimum Gasteiger partial charge on any atom is -0.307 e. The van der Waals surface area contributed by atoms with Crippen LogP contribution in [0.5, 0.6) is 0 Å². The Kier molecular flexibility index (Phi) is 3.97. The molecule has 3 aromatic heterocycles. The number of aromatic nitrogens is 6. The fourth-order valence-corrected chi connectivity index (χ4v) is 4.13. The van der Waals surface area contributed by atoms with Crippen LogP contribution in [0, 0.1) is 6.92 Å². The van der Waals surface area contributed by atoms with Crippen LogP contribution in [-0.4, -0.2) is 29.5 Å². The van der Waals surface area contributed by atoms with Gasteiger partial charge in [-0.25, -0.2) is 9.97 Å². The summed E-state index contributed by atoms with van der Waals surface area (Å²) in [6, 6.07) is 10.3. The first-order chi connectivity index (χ1) is 14.0. The summed E-state index contributed by atoms with van der Waals surface area (Å²) < 4.78 is 3.74. The summed E-state index contributed by atoms with van der Waals surface area (Å²) in [7, 11) is 3.90. The van der Waals surface area contributed by atoms with E-state index in [4.69, 9.17) is 10.1 Å². The van der Waals surface area contributed by atoms with Gasteiger partial charge in [0.2, 0.25) is 5.95 Å². The van der Waals surface area contributed by atoms with Gasteiger partial charge in [0.05, 0.1) is 17.1 Å². The summed E-state index contributed by atoms with van der Waals surface area (Å²) in [5.74, 6) is 1.59.